The van der Waals surface area contributed by atoms with Crippen LogP contribution in [0.5, 0.6) is 0 Å². The van der Waals surface area contributed by atoms with Gasteiger partial charge in [0.2, 0.25) is 5.91 Å². The van der Waals surface area contributed by atoms with Crippen LogP contribution in [-0.2, 0) is 10.0 Å². The Morgan fingerprint density at radius 1 is 1.04 bits per heavy atom. The van der Waals surface area contributed by atoms with Gasteiger partial charge >= 0.3 is 5.69 Å². The molecule has 0 spiro atoms. The molecule has 1 aromatic carbocycles. The van der Waals surface area contributed by atoms with E-state index in [9.17, 15) is 18.0 Å². The predicted molar refractivity (Wildman–Crippen MR) is 101 cm³/mol. The Hall–Kier alpha value is -2.15. The smallest absolute Gasteiger partial charge is 0.274 e. The molecule has 0 amide bonds. The second kappa shape index (κ2) is 8.03. The molecule has 0 unspecified atom stereocenters. The van der Waals surface area contributed by atoms with E-state index in [0.29, 0.717) is 16.8 Å². The fourth-order valence-corrected chi connectivity index (χ4v) is 4.29. The molecule has 1 heterocycles. The van der Waals surface area contributed by atoms with Crippen molar-refractivity contribution >= 4 is 15.9 Å². The minimum Gasteiger partial charge on any atom is -0.274 e. The molecule has 0 saturated carbocycles. The average Bonchev–Trinajstić information content (AvgIpc) is 2.98. The molecule has 142 valence electrons. The van der Waals surface area contributed by atoms with E-state index in [4.69, 9.17) is 0 Å². The first-order valence-corrected chi connectivity index (χ1v) is 10.3. The van der Waals surface area contributed by atoms with Crippen LogP contribution in [0.15, 0.2) is 40.3 Å². The van der Waals surface area contributed by atoms with Crippen LogP contribution in [0.1, 0.15) is 55.5 Å². The maximum absolute atomic E-state index is 12.8. The highest BCUT2D eigenvalue weighted by Gasteiger charge is 2.25. The van der Waals surface area contributed by atoms with Gasteiger partial charge in [0, 0.05) is 18.3 Å². The fraction of sp³-hybridized carbons (Fsp3) is 0.474. The van der Waals surface area contributed by atoms with Gasteiger partial charge in [-0.25, -0.2) is 17.8 Å². The summed E-state index contributed by atoms with van der Waals surface area (Å²) in [6, 6.07) is 4.71. The van der Waals surface area contributed by atoms with E-state index in [1.54, 1.807) is 6.07 Å². The van der Waals surface area contributed by atoms with Crippen LogP contribution < -0.4 is 5.69 Å². The van der Waals surface area contributed by atoms with Gasteiger partial charge in [-0.1, -0.05) is 32.8 Å². The Labute approximate surface area is 154 Å². The van der Waals surface area contributed by atoms with Gasteiger partial charge in [-0.2, -0.15) is 3.97 Å². The lowest BCUT2D eigenvalue weighted by atomic mass is 9.97. The Balaban J connectivity index is 2.46. The minimum atomic E-state index is -4.04. The summed E-state index contributed by atoms with van der Waals surface area (Å²) in [6.07, 6.45) is 5.41. The van der Waals surface area contributed by atoms with Crippen molar-refractivity contribution in [3.8, 4) is 0 Å². The van der Waals surface area contributed by atoms with Crippen molar-refractivity contribution in [3.63, 3.8) is 0 Å². The van der Waals surface area contributed by atoms with Gasteiger partial charge in [0.05, 0.1) is 4.90 Å². The van der Waals surface area contributed by atoms with E-state index < -0.39 is 15.7 Å². The largest absolute Gasteiger partial charge is 0.349 e. The monoisotopic (exact) mass is 378 g/mol. The molecule has 0 fully saturated rings. The topological polar surface area (TPSA) is 78.1 Å². The molecule has 26 heavy (non-hydrogen) atoms. The van der Waals surface area contributed by atoms with E-state index >= 15 is 0 Å². The SMILES string of the molecule is CCCC(CCC)C(=O)n1ccn(S(=O)(=O)c2ccc(C)c(C)c2)c1=O. The number of benzene rings is 1. The normalized spacial score (nSPS) is 11.9. The maximum Gasteiger partial charge on any atom is 0.349 e. The van der Waals surface area contributed by atoms with Crippen molar-refractivity contribution in [2.45, 2.75) is 58.3 Å². The van der Waals surface area contributed by atoms with Crippen molar-refractivity contribution < 1.29 is 13.2 Å². The van der Waals surface area contributed by atoms with E-state index in [0.717, 1.165) is 34.7 Å². The molecular weight excluding hydrogens is 352 g/mol. The molecule has 2 rings (SSSR count). The Morgan fingerprint density at radius 2 is 1.65 bits per heavy atom. The number of imidazole rings is 1. The molecule has 0 radical (unpaired) electrons. The molecule has 0 saturated heterocycles. The summed E-state index contributed by atoms with van der Waals surface area (Å²) >= 11 is 0. The average molecular weight is 378 g/mol. The summed E-state index contributed by atoms with van der Waals surface area (Å²) in [5.41, 5.74) is 0.942. The summed E-state index contributed by atoms with van der Waals surface area (Å²) in [5, 5.41) is 0. The van der Waals surface area contributed by atoms with Crippen molar-refractivity contribution in [3.05, 3.63) is 52.2 Å². The molecule has 7 heteroatoms. The van der Waals surface area contributed by atoms with Gasteiger partial charge in [-0.3, -0.25) is 4.79 Å². The summed E-state index contributed by atoms with van der Waals surface area (Å²) in [6.45, 7) is 7.66. The molecular formula is C19H26N2O4S. The predicted octanol–water partition coefficient (Wildman–Crippen LogP) is 3.36. The summed E-state index contributed by atoms with van der Waals surface area (Å²) in [5.74, 6) is -0.615. The van der Waals surface area contributed by atoms with Crippen molar-refractivity contribution in [2.24, 2.45) is 5.92 Å². The molecule has 0 aliphatic heterocycles. The van der Waals surface area contributed by atoms with E-state index in [2.05, 4.69) is 0 Å². The summed E-state index contributed by atoms with van der Waals surface area (Å²) < 4.78 is 27.2. The number of nitrogens with zero attached hydrogens (tertiary/aromatic N) is 2. The van der Waals surface area contributed by atoms with Crippen LogP contribution >= 0.6 is 0 Å². The van der Waals surface area contributed by atoms with Gasteiger partial charge in [-0.05, 0) is 49.9 Å². The number of hydrogen-bond donors (Lipinski definition) is 0. The zero-order valence-electron chi connectivity index (χ0n) is 15.7. The molecule has 2 aromatic rings. The highest BCUT2D eigenvalue weighted by Crippen LogP contribution is 2.18. The Bertz CT molecular complexity index is 948. The molecule has 0 N–H and O–H groups in total. The van der Waals surface area contributed by atoms with Crippen molar-refractivity contribution in [2.75, 3.05) is 0 Å². The summed E-state index contributed by atoms with van der Waals surface area (Å²) in [7, 11) is -4.04. The van der Waals surface area contributed by atoms with Crippen LogP contribution in [0.3, 0.4) is 0 Å². The Kier molecular flexibility index (Phi) is 6.23. The zero-order chi connectivity index (χ0) is 19.5. The fourth-order valence-electron chi connectivity index (χ4n) is 2.98. The van der Waals surface area contributed by atoms with E-state index in [1.807, 2.05) is 27.7 Å². The number of rotatable bonds is 7. The molecule has 0 aliphatic rings. The molecule has 0 aliphatic carbocycles. The lowest BCUT2D eigenvalue weighted by Gasteiger charge is -2.13. The molecule has 6 nitrogen and oxygen atoms in total. The standard InChI is InChI=1S/C19H26N2O4S/c1-5-7-16(8-6-2)18(22)20-11-12-21(19(20)23)26(24,25)17-10-9-14(3)15(4)13-17/h9-13,16H,5-8H2,1-4H3. The number of hydrogen-bond acceptors (Lipinski definition) is 4. The highest BCUT2D eigenvalue weighted by molar-refractivity contribution is 7.90. The lowest BCUT2D eigenvalue weighted by Crippen LogP contribution is -2.35. The number of aryl methyl sites for hydroxylation is 2. The van der Waals surface area contributed by atoms with Crippen LogP contribution in [0.4, 0.5) is 0 Å². The van der Waals surface area contributed by atoms with Crippen molar-refractivity contribution in [1.29, 1.82) is 0 Å². The summed E-state index contributed by atoms with van der Waals surface area (Å²) in [4.78, 5) is 25.3. The van der Waals surface area contributed by atoms with Gasteiger partial charge in [0.15, 0.2) is 0 Å². The van der Waals surface area contributed by atoms with Gasteiger partial charge in [0.1, 0.15) is 0 Å². The van der Waals surface area contributed by atoms with E-state index in [-0.39, 0.29) is 16.7 Å². The number of carbonyl (C=O) groups excluding carboxylic acids is 1. The second-order valence-corrected chi connectivity index (χ2v) is 8.43. The quantitative estimate of drug-likeness (QED) is 0.740. The molecule has 0 atom stereocenters. The molecule has 1 aromatic heterocycles. The third kappa shape index (κ3) is 3.82. The van der Waals surface area contributed by atoms with Gasteiger partial charge in [0.25, 0.3) is 10.0 Å². The van der Waals surface area contributed by atoms with Crippen LogP contribution in [0.25, 0.3) is 0 Å². The second-order valence-electron chi connectivity index (χ2n) is 6.61. The Morgan fingerprint density at radius 3 is 2.19 bits per heavy atom. The first-order valence-electron chi connectivity index (χ1n) is 8.91. The third-order valence-electron chi connectivity index (χ3n) is 4.64. The van der Waals surface area contributed by atoms with Crippen molar-refractivity contribution in [1.82, 2.24) is 8.54 Å². The minimum absolute atomic E-state index is 0.0339. The number of carbonyl (C=O) groups is 1. The first kappa shape index (κ1) is 20.2. The maximum atomic E-state index is 12.8. The van der Waals surface area contributed by atoms with E-state index in [1.165, 1.54) is 18.3 Å². The third-order valence-corrected chi connectivity index (χ3v) is 6.29. The van der Waals surface area contributed by atoms with Crippen LogP contribution in [-0.4, -0.2) is 22.9 Å². The zero-order valence-corrected chi connectivity index (χ0v) is 16.5. The van der Waals surface area contributed by atoms with Gasteiger partial charge < -0.3 is 0 Å². The van der Waals surface area contributed by atoms with Crippen LogP contribution in [0, 0.1) is 19.8 Å². The van der Waals surface area contributed by atoms with Gasteiger partial charge in [-0.15, -0.1) is 0 Å². The number of aromatic nitrogens is 2. The highest BCUT2D eigenvalue weighted by atomic mass is 32.2. The molecule has 0 bridgehead atoms. The first-order chi connectivity index (χ1) is 12.2. The lowest BCUT2D eigenvalue weighted by molar-refractivity contribution is 0.0813. The van der Waals surface area contributed by atoms with Crippen LogP contribution in [0.2, 0.25) is 0 Å².